The molecule has 0 aliphatic carbocycles. The predicted octanol–water partition coefficient (Wildman–Crippen LogP) is 0.137. The summed E-state index contributed by atoms with van der Waals surface area (Å²) < 4.78 is 4.59. The molecule has 0 unspecified atom stereocenters. The van der Waals surface area contributed by atoms with E-state index in [4.69, 9.17) is 5.73 Å². The zero-order valence-corrected chi connectivity index (χ0v) is 9.78. The maximum atomic E-state index is 11.0. The number of likely N-dealkylation sites (tertiary alicyclic amines) is 1. The summed E-state index contributed by atoms with van der Waals surface area (Å²) in [6.07, 6.45) is 2.91. The van der Waals surface area contributed by atoms with Crippen molar-refractivity contribution in [3.05, 3.63) is 0 Å². The van der Waals surface area contributed by atoms with Gasteiger partial charge in [-0.1, -0.05) is 0 Å². The van der Waals surface area contributed by atoms with Gasteiger partial charge in [0, 0.05) is 13.0 Å². The summed E-state index contributed by atoms with van der Waals surface area (Å²) in [6, 6.07) is 0. The van der Waals surface area contributed by atoms with Crippen molar-refractivity contribution in [3.8, 4) is 0 Å². The van der Waals surface area contributed by atoms with E-state index < -0.39 is 0 Å². The fourth-order valence-electron chi connectivity index (χ4n) is 2.05. The van der Waals surface area contributed by atoms with Gasteiger partial charge >= 0.3 is 5.97 Å². The van der Waals surface area contributed by atoms with Gasteiger partial charge < -0.3 is 15.4 Å². The highest BCUT2D eigenvalue weighted by molar-refractivity contribution is 5.74. The lowest BCUT2D eigenvalue weighted by Gasteiger charge is -2.31. The summed E-state index contributed by atoms with van der Waals surface area (Å²) >= 11 is 0. The Morgan fingerprint density at radius 2 is 2.00 bits per heavy atom. The maximum absolute atomic E-state index is 11.0. The molecule has 0 aromatic heterocycles. The smallest absolute Gasteiger partial charge is 0.306 e. The second-order valence-electron chi connectivity index (χ2n) is 4.28. The van der Waals surface area contributed by atoms with Crippen LogP contribution in [0.15, 0.2) is 0 Å². The average molecular weight is 228 g/mol. The molecule has 0 spiro atoms. The lowest BCUT2D eigenvalue weighted by molar-refractivity contribution is -0.141. The highest BCUT2D eigenvalue weighted by atomic mass is 16.5. The largest absolute Gasteiger partial charge is 0.469 e. The molecule has 0 saturated carbocycles. The molecular formula is C11H20N2O3. The van der Waals surface area contributed by atoms with Gasteiger partial charge in [0.2, 0.25) is 5.91 Å². The molecule has 16 heavy (non-hydrogen) atoms. The molecule has 5 nitrogen and oxygen atoms in total. The number of carbonyl (C=O) groups excluding carboxylic acids is 2. The van der Waals surface area contributed by atoms with Gasteiger partial charge in [-0.15, -0.1) is 0 Å². The second kappa shape index (κ2) is 6.48. The van der Waals surface area contributed by atoms with Gasteiger partial charge in [0.25, 0.3) is 0 Å². The van der Waals surface area contributed by atoms with Gasteiger partial charge in [0.1, 0.15) is 0 Å². The molecule has 1 rings (SSSR count). The fourth-order valence-corrected chi connectivity index (χ4v) is 2.05. The van der Waals surface area contributed by atoms with Crippen molar-refractivity contribution in [2.24, 2.45) is 11.7 Å². The van der Waals surface area contributed by atoms with E-state index in [1.807, 2.05) is 0 Å². The number of methoxy groups -OCH3 is 1. The number of primary amides is 1. The highest BCUT2D eigenvalue weighted by Gasteiger charge is 2.20. The van der Waals surface area contributed by atoms with Crippen molar-refractivity contribution in [1.29, 1.82) is 0 Å². The summed E-state index contributed by atoms with van der Waals surface area (Å²) in [5.74, 6) is 0.0409. The van der Waals surface area contributed by atoms with E-state index in [0.29, 0.717) is 18.8 Å². The Bertz CT molecular complexity index is 248. The molecule has 2 N–H and O–H groups in total. The van der Waals surface area contributed by atoms with Crippen LogP contribution in [-0.2, 0) is 14.3 Å². The average Bonchev–Trinajstić information content (AvgIpc) is 2.27. The SMILES string of the molecule is COC(=O)CCN1CCC(CC(N)=O)CC1. The molecule has 92 valence electrons. The molecule has 1 heterocycles. The van der Waals surface area contributed by atoms with Crippen LogP contribution in [0.1, 0.15) is 25.7 Å². The number of hydrogen-bond donors (Lipinski definition) is 1. The molecule has 1 aliphatic rings. The zero-order valence-electron chi connectivity index (χ0n) is 9.78. The topological polar surface area (TPSA) is 72.6 Å². The molecule has 1 aliphatic heterocycles. The van der Waals surface area contributed by atoms with Crippen LogP contribution in [0.5, 0.6) is 0 Å². The third-order valence-corrected chi connectivity index (χ3v) is 3.06. The Morgan fingerprint density at radius 3 is 2.50 bits per heavy atom. The first-order valence-corrected chi connectivity index (χ1v) is 5.69. The maximum Gasteiger partial charge on any atom is 0.306 e. The van der Waals surface area contributed by atoms with Gasteiger partial charge in [-0.25, -0.2) is 0 Å². The van der Waals surface area contributed by atoms with Crippen molar-refractivity contribution >= 4 is 11.9 Å². The van der Waals surface area contributed by atoms with Crippen LogP contribution in [0, 0.1) is 5.92 Å². The van der Waals surface area contributed by atoms with Crippen LogP contribution in [0.4, 0.5) is 0 Å². The minimum absolute atomic E-state index is 0.167. The fraction of sp³-hybridized carbons (Fsp3) is 0.818. The molecule has 0 aromatic rings. The third kappa shape index (κ3) is 4.61. The second-order valence-corrected chi connectivity index (χ2v) is 4.28. The first-order valence-electron chi connectivity index (χ1n) is 5.69. The standard InChI is InChI=1S/C11H20N2O3/c1-16-11(15)4-7-13-5-2-9(3-6-13)8-10(12)14/h9H,2-8H2,1H3,(H2,12,14). The van der Waals surface area contributed by atoms with Crippen molar-refractivity contribution in [3.63, 3.8) is 0 Å². The van der Waals surface area contributed by atoms with Gasteiger partial charge in [-0.2, -0.15) is 0 Å². The quantitative estimate of drug-likeness (QED) is 0.679. The molecule has 0 aromatic carbocycles. The molecule has 0 atom stereocenters. The number of nitrogens with zero attached hydrogens (tertiary/aromatic N) is 1. The third-order valence-electron chi connectivity index (χ3n) is 3.06. The molecule has 5 heteroatoms. The lowest BCUT2D eigenvalue weighted by Crippen LogP contribution is -2.36. The Hall–Kier alpha value is -1.10. The van der Waals surface area contributed by atoms with Crippen molar-refractivity contribution in [1.82, 2.24) is 4.90 Å². The van der Waals surface area contributed by atoms with Gasteiger partial charge in [-0.3, -0.25) is 9.59 Å². The summed E-state index contributed by atoms with van der Waals surface area (Å²) in [5.41, 5.74) is 5.16. The van der Waals surface area contributed by atoms with Crippen molar-refractivity contribution < 1.29 is 14.3 Å². The molecule has 0 radical (unpaired) electrons. The lowest BCUT2D eigenvalue weighted by atomic mass is 9.93. The minimum atomic E-state index is -0.215. The normalized spacial score (nSPS) is 18.3. The van der Waals surface area contributed by atoms with Gasteiger partial charge in [0.15, 0.2) is 0 Å². The molecule has 1 fully saturated rings. The van der Waals surface area contributed by atoms with E-state index in [2.05, 4.69) is 9.64 Å². The van der Waals surface area contributed by atoms with Crippen LogP contribution >= 0.6 is 0 Å². The number of ether oxygens (including phenoxy) is 1. The van der Waals surface area contributed by atoms with E-state index >= 15 is 0 Å². The minimum Gasteiger partial charge on any atom is -0.469 e. The Morgan fingerprint density at radius 1 is 1.38 bits per heavy atom. The summed E-state index contributed by atoms with van der Waals surface area (Å²) in [5, 5.41) is 0. The van der Waals surface area contributed by atoms with Crippen molar-refractivity contribution in [2.45, 2.75) is 25.7 Å². The number of nitrogens with two attached hydrogens (primary N) is 1. The van der Waals surface area contributed by atoms with Crippen LogP contribution in [0.2, 0.25) is 0 Å². The highest BCUT2D eigenvalue weighted by Crippen LogP contribution is 2.20. The number of piperidine rings is 1. The molecule has 1 saturated heterocycles. The van der Waals surface area contributed by atoms with Crippen LogP contribution < -0.4 is 5.73 Å². The van der Waals surface area contributed by atoms with E-state index in [1.165, 1.54) is 7.11 Å². The zero-order chi connectivity index (χ0) is 12.0. The molecule has 0 bridgehead atoms. The number of hydrogen-bond acceptors (Lipinski definition) is 4. The van der Waals surface area contributed by atoms with Gasteiger partial charge in [0.05, 0.1) is 13.5 Å². The van der Waals surface area contributed by atoms with Crippen LogP contribution in [-0.4, -0.2) is 43.5 Å². The van der Waals surface area contributed by atoms with E-state index in [0.717, 1.165) is 32.5 Å². The number of amides is 1. The Labute approximate surface area is 95.9 Å². The number of carbonyl (C=O) groups is 2. The Balaban J connectivity index is 2.16. The van der Waals surface area contributed by atoms with Crippen molar-refractivity contribution in [2.75, 3.05) is 26.7 Å². The number of rotatable bonds is 5. The first-order chi connectivity index (χ1) is 7.61. The summed E-state index contributed by atoms with van der Waals surface area (Å²) in [4.78, 5) is 23.9. The predicted molar refractivity (Wildman–Crippen MR) is 59.6 cm³/mol. The monoisotopic (exact) mass is 228 g/mol. The first kappa shape index (κ1) is 13.0. The van der Waals surface area contributed by atoms with Gasteiger partial charge in [-0.05, 0) is 31.8 Å². The van der Waals surface area contributed by atoms with Crippen LogP contribution in [0.3, 0.4) is 0 Å². The van der Waals surface area contributed by atoms with Crippen LogP contribution in [0.25, 0.3) is 0 Å². The molecule has 1 amide bonds. The molecular weight excluding hydrogens is 208 g/mol. The Kier molecular flexibility index (Phi) is 5.25. The van der Waals surface area contributed by atoms with E-state index in [9.17, 15) is 9.59 Å². The van der Waals surface area contributed by atoms with E-state index in [-0.39, 0.29) is 11.9 Å². The number of esters is 1. The van der Waals surface area contributed by atoms with E-state index in [1.54, 1.807) is 0 Å². The summed E-state index contributed by atoms with van der Waals surface area (Å²) in [7, 11) is 1.40. The summed E-state index contributed by atoms with van der Waals surface area (Å²) in [6.45, 7) is 2.62.